The van der Waals surface area contributed by atoms with Gasteiger partial charge in [0.25, 0.3) is 0 Å². The molecule has 0 spiro atoms. The molecule has 0 atom stereocenters. The molecule has 1 aromatic heterocycles. The average Bonchev–Trinajstić information content (AvgIpc) is 2.74. The first-order chi connectivity index (χ1) is 13.7. The van der Waals surface area contributed by atoms with Crippen LogP contribution >= 0.6 is 11.8 Å². The Hall–Kier alpha value is -3.06. The van der Waals surface area contributed by atoms with Crippen LogP contribution in [-0.2, 0) is 5.75 Å². The molecular formula is C21H21N3O3S. The molecule has 6 nitrogen and oxygen atoms in total. The molecule has 2 aromatic carbocycles. The molecule has 1 amide bonds. The number of aromatic nitrogens is 2. The number of thioether (sulfide) groups is 1. The Balaban J connectivity index is 1.75. The van der Waals surface area contributed by atoms with Crippen molar-refractivity contribution in [1.82, 2.24) is 9.78 Å². The van der Waals surface area contributed by atoms with Gasteiger partial charge >= 0.3 is 5.24 Å². The first-order valence-corrected chi connectivity index (χ1v) is 9.80. The summed E-state index contributed by atoms with van der Waals surface area (Å²) in [4.78, 5) is 16.4. The van der Waals surface area contributed by atoms with Crippen LogP contribution in [0.3, 0.4) is 0 Å². The molecule has 0 saturated carbocycles. The van der Waals surface area contributed by atoms with Crippen LogP contribution in [0.5, 0.6) is 11.6 Å². The Kier molecular flexibility index (Phi) is 6.86. The van der Waals surface area contributed by atoms with Crippen LogP contribution in [0, 0.1) is 0 Å². The number of rotatable bonds is 6. The van der Waals surface area contributed by atoms with Crippen molar-refractivity contribution in [3.8, 4) is 17.3 Å². The monoisotopic (exact) mass is 395 g/mol. The minimum Gasteiger partial charge on any atom is -0.497 e. The number of ether oxygens (including phenoxy) is 2. The van der Waals surface area contributed by atoms with E-state index in [4.69, 9.17) is 9.47 Å². The maximum Gasteiger partial charge on any atom is 0.305 e. The molecule has 0 saturated heterocycles. The van der Waals surface area contributed by atoms with Gasteiger partial charge < -0.3 is 9.47 Å². The van der Waals surface area contributed by atoms with Crippen LogP contribution in [0.15, 0.2) is 71.9 Å². The first kappa shape index (κ1) is 19.7. The molecule has 7 heteroatoms. The molecule has 28 heavy (non-hydrogen) atoms. The van der Waals surface area contributed by atoms with Gasteiger partial charge in [-0.15, -0.1) is 0 Å². The summed E-state index contributed by atoms with van der Waals surface area (Å²) in [7, 11) is 1.62. The fourth-order valence-corrected chi connectivity index (χ4v) is 3.13. The molecule has 0 unspecified atom stereocenters. The predicted molar refractivity (Wildman–Crippen MR) is 110 cm³/mol. The normalized spacial score (nSPS) is 11.3. The largest absolute Gasteiger partial charge is 0.497 e. The average molecular weight is 395 g/mol. The highest BCUT2D eigenvalue weighted by atomic mass is 32.2. The van der Waals surface area contributed by atoms with Gasteiger partial charge in [0.2, 0.25) is 5.88 Å². The Morgan fingerprint density at radius 1 is 1.14 bits per heavy atom. The van der Waals surface area contributed by atoms with E-state index in [1.807, 2.05) is 61.5 Å². The van der Waals surface area contributed by atoms with Gasteiger partial charge in [-0.1, -0.05) is 42.1 Å². The van der Waals surface area contributed by atoms with Crippen molar-refractivity contribution in [1.29, 1.82) is 0 Å². The van der Waals surface area contributed by atoms with E-state index in [-0.39, 0.29) is 5.24 Å². The Bertz CT molecular complexity index is 986. The van der Waals surface area contributed by atoms with E-state index < -0.39 is 0 Å². The maximum absolute atomic E-state index is 12.2. The second kappa shape index (κ2) is 9.75. The third-order valence-electron chi connectivity index (χ3n) is 3.82. The molecule has 3 aromatic rings. The molecule has 0 bridgehead atoms. The van der Waals surface area contributed by atoms with Crippen molar-refractivity contribution < 1.29 is 14.3 Å². The van der Waals surface area contributed by atoms with Gasteiger partial charge in [0.15, 0.2) is 0 Å². The van der Waals surface area contributed by atoms with Gasteiger partial charge in [-0.3, -0.25) is 4.79 Å². The lowest BCUT2D eigenvalue weighted by molar-refractivity contribution is 0.267. The van der Waals surface area contributed by atoms with Gasteiger partial charge in [-0.05, 0) is 36.8 Å². The highest BCUT2D eigenvalue weighted by Crippen LogP contribution is 2.18. The molecule has 0 N–H and O–H groups in total. The van der Waals surface area contributed by atoms with Crippen LogP contribution in [0.25, 0.3) is 5.69 Å². The molecule has 0 radical (unpaired) electrons. The van der Waals surface area contributed by atoms with Gasteiger partial charge in [-0.25, -0.2) is 9.67 Å². The lowest BCUT2D eigenvalue weighted by atomic mass is 10.2. The van der Waals surface area contributed by atoms with Gasteiger partial charge in [0.1, 0.15) is 5.75 Å². The third kappa shape index (κ3) is 5.23. The summed E-state index contributed by atoms with van der Waals surface area (Å²) in [5.41, 5.74) is 1.90. The molecule has 3 rings (SSSR count). The zero-order chi connectivity index (χ0) is 19.8. The second-order valence-electron chi connectivity index (χ2n) is 5.75. The molecule has 144 valence electrons. The summed E-state index contributed by atoms with van der Waals surface area (Å²) in [6, 6.07) is 19.0. The van der Waals surface area contributed by atoms with E-state index in [1.165, 1.54) is 0 Å². The summed E-state index contributed by atoms with van der Waals surface area (Å²) in [5.74, 6) is 1.85. The molecule has 0 aliphatic heterocycles. The summed E-state index contributed by atoms with van der Waals surface area (Å²) >= 11 is 1.14. The van der Waals surface area contributed by atoms with Crippen LogP contribution in [-0.4, -0.2) is 28.7 Å². The van der Waals surface area contributed by atoms with Crippen LogP contribution in [0.4, 0.5) is 4.79 Å². The topological polar surface area (TPSA) is 65.7 Å². The van der Waals surface area contributed by atoms with E-state index in [0.717, 1.165) is 28.8 Å². The number of carbonyl (C=O) groups excluding carboxylic acids is 1. The summed E-state index contributed by atoms with van der Waals surface area (Å²) in [6.07, 6.45) is 1.56. The molecule has 0 aliphatic rings. The van der Waals surface area contributed by atoms with Crippen molar-refractivity contribution in [2.75, 3.05) is 13.7 Å². The number of hydrogen-bond donors (Lipinski definition) is 0. The van der Waals surface area contributed by atoms with Crippen LogP contribution in [0.2, 0.25) is 0 Å². The highest BCUT2D eigenvalue weighted by Gasteiger charge is 2.06. The highest BCUT2D eigenvalue weighted by molar-refractivity contribution is 8.12. The van der Waals surface area contributed by atoms with Gasteiger partial charge in [0, 0.05) is 11.8 Å². The number of carbonyl (C=O) groups is 1. The molecule has 0 fully saturated rings. The number of nitrogens with zero attached hydrogens (tertiary/aromatic N) is 3. The van der Waals surface area contributed by atoms with Crippen molar-refractivity contribution in [2.45, 2.75) is 12.7 Å². The summed E-state index contributed by atoms with van der Waals surface area (Å²) in [5, 5.41) is 4.56. The van der Waals surface area contributed by atoms with E-state index in [2.05, 4.69) is 10.1 Å². The van der Waals surface area contributed by atoms with Crippen LogP contribution < -0.4 is 14.8 Å². The molecule has 1 heterocycles. The zero-order valence-corrected chi connectivity index (χ0v) is 16.6. The minimum absolute atomic E-state index is 0.280. The van der Waals surface area contributed by atoms with E-state index >= 15 is 0 Å². The second-order valence-corrected chi connectivity index (χ2v) is 6.67. The number of benzene rings is 2. The molecule has 0 aliphatic carbocycles. The Labute approximate surface area is 167 Å². The van der Waals surface area contributed by atoms with Crippen molar-refractivity contribution in [2.24, 2.45) is 4.99 Å². The Morgan fingerprint density at radius 2 is 1.89 bits per heavy atom. The lowest BCUT2D eigenvalue weighted by Crippen LogP contribution is -2.14. The van der Waals surface area contributed by atoms with Crippen molar-refractivity contribution in [3.63, 3.8) is 0 Å². The summed E-state index contributed by atoms with van der Waals surface area (Å²) < 4.78 is 12.5. The van der Waals surface area contributed by atoms with Gasteiger partial charge in [0.05, 0.1) is 31.0 Å². The van der Waals surface area contributed by atoms with Crippen molar-refractivity contribution >= 4 is 17.0 Å². The van der Waals surface area contributed by atoms with E-state index in [1.54, 1.807) is 24.1 Å². The summed E-state index contributed by atoms with van der Waals surface area (Å²) in [6.45, 7) is 2.38. The fourth-order valence-electron chi connectivity index (χ4n) is 2.48. The van der Waals surface area contributed by atoms with Crippen LogP contribution in [0.1, 0.15) is 12.5 Å². The maximum atomic E-state index is 12.2. The SMILES string of the molecule is CCOc1cc(=NC(=O)SCc2ccc(OC)cc2)cnn1-c1ccccc1. The number of hydrogen-bond acceptors (Lipinski definition) is 5. The number of amides is 1. The minimum atomic E-state index is -0.280. The third-order valence-corrected chi connectivity index (χ3v) is 4.64. The van der Waals surface area contributed by atoms with E-state index in [0.29, 0.717) is 23.6 Å². The van der Waals surface area contributed by atoms with E-state index in [9.17, 15) is 4.79 Å². The quantitative estimate of drug-likeness (QED) is 0.625. The van der Waals surface area contributed by atoms with Gasteiger partial charge in [-0.2, -0.15) is 5.10 Å². The predicted octanol–water partition coefficient (Wildman–Crippen LogP) is 4.23. The lowest BCUT2D eigenvalue weighted by Gasteiger charge is -2.11. The first-order valence-electron chi connectivity index (χ1n) is 8.81. The zero-order valence-electron chi connectivity index (χ0n) is 15.7. The number of methoxy groups -OCH3 is 1. The van der Waals surface area contributed by atoms with Crippen molar-refractivity contribution in [3.05, 3.63) is 77.8 Å². The number of para-hydroxylation sites is 1. The standard InChI is InChI=1S/C21H21N3O3S/c1-3-27-20-13-17(14-22-24(20)18-7-5-4-6-8-18)23-21(25)28-15-16-9-11-19(26-2)12-10-16/h4-14H,3,15H2,1-2H3. The smallest absolute Gasteiger partial charge is 0.305 e. The fraction of sp³-hybridized carbons (Fsp3) is 0.190. The molecular weight excluding hydrogens is 374 g/mol. The Morgan fingerprint density at radius 3 is 2.57 bits per heavy atom.